The van der Waals surface area contributed by atoms with Gasteiger partial charge in [0.2, 0.25) is 0 Å². The van der Waals surface area contributed by atoms with Crippen LogP contribution in [0.15, 0.2) is 30.5 Å². The molecule has 0 saturated heterocycles. The van der Waals surface area contributed by atoms with Crippen molar-refractivity contribution >= 4 is 11.7 Å². The van der Waals surface area contributed by atoms with E-state index in [4.69, 9.17) is 10.5 Å². The molecular weight excluding hydrogens is 328 g/mol. The summed E-state index contributed by atoms with van der Waals surface area (Å²) >= 11 is 0. The Morgan fingerprint density at radius 1 is 1.36 bits per heavy atom. The first kappa shape index (κ1) is 17.1. The number of carbonyl (C=O) groups is 1. The second-order valence-corrected chi connectivity index (χ2v) is 6.06. The number of nitrogens with two attached hydrogens (primary N) is 1. The summed E-state index contributed by atoms with van der Waals surface area (Å²) in [5.41, 5.74) is 8.83. The van der Waals surface area contributed by atoms with Gasteiger partial charge in [-0.25, -0.2) is 13.8 Å². The van der Waals surface area contributed by atoms with Crippen LogP contribution in [0.4, 0.5) is 14.6 Å². The maximum absolute atomic E-state index is 12.6. The number of halogens is 2. The Morgan fingerprint density at radius 2 is 2.12 bits per heavy atom. The Balaban J connectivity index is 1.80. The second-order valence-electron chi connectivity index (χ2n) is 6.06. The fourth-order valence-corrected chi connectivity index (χ4v) is 3.01. The number of ether oxygens (including phenoxy) is 1. The number of benzene rings is 1. The topological polar surface area (TPSA) is 68.5 Å². The van der Waals surface area contributed by atoms with Gasteiger partial charge in [0.25, 0.3) is 12.3 Å². The number of fused-ring (bicyclic) bond motifs is 1. The second kappa shape index (κ2) is 6.66. The van der Waals surface area contributed by atoms with Gasteiger partial charge in [0.1, 0.15) is 18.2 Å². The molecular formula is C18H19F2N3O2. The molecule has 0 aliphatic carbocycles. The Hall–Kier alpha value is -2.70. The first-order valence-corrected chi connectivity index (χ1v) is 7.94. The predicted octanol–water partition coefficient (Wildman–Crippen LogP) is 3.33. The van der Waals surface area contributed by atoms with Crippen LogP contribution in [0.25, 0.3) is 0 Å². The highest BCUT2D eigenvalue weighted by Gasteiger charge is 2.33. The van der Waals surface area contributed by atoms with Crippen molar-refractivity contribution in [1.29, 1.82) is 0 Å². The largest absolute Gasteiger partial charge is 0.487 e. The third kappa shape index (κ3) is 3.26. The van der Waals surface area contributed by atoms with Crippen molar-refractivity contribution in [2.45, 2.75) is 32.9 Å². The van der Waals surface area contributed by atoms with E-state index in [1.165, 1.54) is 6.20 Å². The van der Waals surface area contributed by atoms with E-state index in [-0.39, 0.29) is 11.9 Å². The van der Waals surface area contributed by atoms with E-state index in [1.54, 1.807) is 30.0 Å². The molecule has 3 rings (SSSR count). The van der Waals surface area contributed by atoms with E-state index in [0.717, 1.165) is 16.7 Å². The van der Waals surface area contributed by atoms with Crippen LogP contribution in [0.1, 0.15) is 40.0 Å². The van der Waals surface area contributed by atoms with Gasteiger partial charge in [0, 0.05) is 17.3 Å². The van der Waals surface area contributed by atoms with Crippen molar-refractivity contribution in [2.75, 3.05) is 12.3 Å². The number of aryl methyl sites for hydroxylation is 1. The van der Waals surface area contributed by atoms with Crippen LogP contribution in [0, 0.1) is 6.92 Å². The lowest BCUT2D eigenvalue weighted by Gasteiger charge is -2.25. The molecule has 1 aliphatic rings. The van der Waals surface area contributed by atoms with Crippen molar-refractivity contribution in [3.8, 4) is 5.75 Å². The SMILES string of the molecule is Cc1cc(C(C)N2Cc3c(ccnc3N)C2=O)ccc1OCC(F)F. The molecule has 1 aliphatic heterocycles. The minimum atomic E-state index is -2.52. The number of carbonyl (C=O) groups excluding carboxylic acids is 1. The van der Waals surface area contributed by atoms with E-state index in [2.05, 4.69) is 4.98 Å². The molecule has 0 fully saturated rings. The third-order valence-electron chi connectivity index (χ3n) is 4.42. The van der Waals surface area contributed by atoms with Crippen molar-refractivity contribution in [3.05, 3.63) is 52.7 Å². The average molecular weight is 347 g/mol. The van der Waals surface area contributed by atoms with E-state index >= 15 is 0 Å². The molecule has 2 aromatic rings. The molecule has 0 saturated carbocycles. The zero-order valence-corrected chi connectivity index (χ0v) is 14.0. The number of nitrogens with zero attached hydrogens (tertiary/aromatic N) is 2. The highest BCUT2D eigenvalue weighted by Crippen LogP contribution is 2.34. The summed E-state index contributed by atoms with van der Waals surface area (Å²) in [6.07, 6.45) is -0.989. The quantitative estimate of drug-likeness (QED) is 0.901. The van der Waals surface area contributed by atoms with Gasteiger partial charge in [-0.3, -0.25) is 4.79 Å². The summed E-state index contributed by atoms with van der Waals surface area (Å²) in [7, 11) is 0. The summed E-state index contributed by atoms with van der Waals surface area (Å²) in [6, 6.07) is 6.78. The number of hydrogen-bond donors (Lipinski definition) is 1. The third-order valence-corrected chi connectivity index (χ3v) is 4.42. The Kier molecular flexibility index (Phi) is 4.57. The number of nitrogen functional groups attached to an aromatic ring is 1. The minimum Gasteiger partial charge on any atom is -0.487 e. The lowest BCUT2D eigenvalue weighted by atomic mass is 10.0. The van der Waals surface area contributed by atoms with Crippen LogP contribution in [-0.2, 0) is 6.54 Å². The van der Waals surface area contributed by atoms with Gasteiger partial charge in [-0.05, 0) is 37.1 Å². The molecule has 2 heterocycles. The minimum absolute atomic E-state index is 0.0905. The average Bonchev–Trinajstić information content (AvgIpc) is 2.91. The monoisotopic (exact) mass is 347 g/mol. The van der Waals surface area contributed by atoms with Crippen molar-refractivity contribution < 1.29 is 18.3 Å². The summed E-state index contributed by atoms with van der Waals surface area (Å²) in [5.74, 6) is 0.695. The smallest absolute Gasteiger partial charge is 0.272 e. The van der Waals surface area contributed by atoms with Crippen LogP contribution in [-0.4, -0.2) is 28.8 Å². The van der Waals surface area contributed by atoms with Crippen LogP contribution in [0.2, 0.25) is 0 Å². The van der Waals surface area contributed by atoms with Gasteiger partial charge in [-0.2, -0.15) is 0 Å². The molecule has 0 bridgehead atoms. The molecule has 7 heteroatoms. The van der Waals surface area contributed by atoms with E-state index in [0.29, 0.717) is 23.7 Å². The molecule has 132 valence electrons. The standard InChI is InChI=1S/C18H19F2N3O2/c1-10-7-12(3-4-15(10)25-9-16(19)20)11(2)23-8-14-13(18(23)24)5-6-22-17(14)21/h3-7,11,16H,8-9H2,1-2H3,(H2,21,22). The highest BCUT2D eigenvalue weighted by atomic mass is 19.3. The van der Waals surface area contributed by atoms with Gasteiger partial charge < -0.3 is 15.4 Å². The number of rotatable bonds is 5. The summed E-state index contributed by atoms with van der Waals surface area (Å²) in [6.45, 7) is 3.47. The molecule has 1 amide bonds. The molecule has 0 spiro atoms. The molecule has 1 unspecified atom stereocenters. The number of aromatic nitrogens is 1. The van der Waals surface area contributed by atoms with E-state index in [1.807, 2.05) is 13.0 Å². The summed E-state index contributed by atoms with van der Waals surface area (Å²) in [4.78, 5) is 18.4. The van der Waals surface area contributed by atoms with Crippen molar-refractivity contribution in [1.82, 2.24) is 9.88 Å². The lowest BCUT2D eigenvalue weighted by molar-refractivity contribution is 0.0714. The fraction of sp³-hybridized carbons (Fsp3) is 0.333. The Morgan fingerprint density at radius 3 is 2.76 bits per heavy atom. The number of amides is 1. The molecule has 1 aromatic heterocycles. The lowest BCUT2D eigenvalue weighted by Crippen LogP contribution is -2.27. The van der Waals surface area contributed by atoms with Gasteiger partial charge in [-0.1, -0.05) is 12.1 Å². The number of hydrogen-bond acceptors (Lipinski definition) is 4. The summed E-state index contributed by atoms with van der Waals surface area (Å²) < 4.78 is 29.7. The highest BCUT2D eigenvalue weighted by molar-refractivity contribution is 5.99. The van der Waals surface area contributed by atoms with E-state index in [9.17, 15) is 13.6 Å². The zero-order valence-electron chi connectivity index (χ0n) is 14.0. The van der Waals surface area contributed by atoms with Gasteiger partial charge >= 0.3 is 0 Å². The van der Waals surface area contributed by atoms with Crippen LogP contribution < -0.4 is 10.5 Å². The molecule has 1 aromatic carbocycles. The van der Waals surface area contributed by atoms with Crippen LogP contribution in [0.3, 0.4) is 0 Å². The molecule has 2 N–H and O–H groups in total. The number of anilines is 1. The predicted molar refractivity (Wildman–Crippen MR) is 89.6 cm³/mol. The molecule has 0 radical (unpaired) electrons. The zero-order chi connectivity index (χ0) is 18.1. The van der Waals surface area contributed by atoms with Crippen molar-refractivity contribution in [3.63, 3.8) is 0 Å². The van der Waals surface area contributed by atoms with Gasteiger partial charge in [0.15, 0.2) is 0 Å². The fourth-order valence-electron chi connectivity index (χ4n) is 3.01. The first-order valence-electron chi connectivity index (χ1n) is 7.94. The van der Waals surface area contributed by atoms with Crippen LogP contribution >= 0.6 is 0 Å². The first-order chi connectivity index (χ1) is 11.9. The normalized spacial score (nSPS) is 14.8. The molecule has 25 heavy (non-hydrogen) atoms. The molecule has 1 atom stereocenters. The maximum atomic E-state index is 12.6. The number of pyridine rings is 1. The Labute approximate surface area is 144 Å². The van der Waals surface area contributed by atoms with E-state index < -0.39 is 13.0 Å². The number of alkyl halides is 2. The molecule has 5 nitrogen and oxygen atoms in total. The summed E-state index contributed by atoms with van der Waals surface area (Å²) in [5, 5.41) is 0. The Bertz CT molecular complexity index is 811. The van der Waals surface area contributed by atoms with Crippen LogP contribution in [0.5, 0.6) is 5.75 Å². The van der Waals surface area contributed by atoms with Gasteiger partial charge in [-0.15, -0.1) is 0 Å². The van der Waals surface area contributed by atoms with Gasteiger partial charge in [0.05, 0.1) is 12.6 Å². The maximum Gasteiger partial charge on any atom is 0.272 e. The van der Waals surface area contributed by atoms with Crippen molar-refractivity contribution in [2.24, 2.45) is 0 Å².